The number of piperazine rings is 1. The van der Waals surface area contributed by atoms with Crippen molar-refractivity contribution in [2.24, 2.45) is 0 Å². The molecule has 0 saturated carbocycles. The Morgan fingerprint density at radius 2 is 1.97 bits per heavy atom. The monoisotopic (exact) mass is 437 g/mol. The van der Waals surface area contributed by atoms with E-state index in [4.69, 9.17) is 9.40 Å². The molecule has 0 bridgehead atoms. The highest BCUT2D eigenvalue weighted by molar-refractivity contribution is 7.98. The van der Waals surface area contributed by atoms with Gasteiger partial charge in [0.25, 0.3) is 5.91 Å². The van der Waals surface area contributed by atoms with Crippen molar-refractivity contribution in [3.05, 3.63) is 71.3 Å². The van der Waals surface area contributed by atoms with E-state index in [0.29, 0.717) is 17.9 Å². The Morgan fingerprint density at radius 1 is 1.13 bits per heavy atom. The van der Waals surface area contributed by atoms with Crippen LogP contribution < -0.4 is 10.2 Å². The number of carbonyl (C=O) groups excluding carboxylic acids is 1. The van der Waals surface area contributed by atoms with Crippen LogP contribution in [0.5, 0.6) is 0 Å². The van der Waals surface area contributed by atoms with Crippen molar-refractivity contribution in [2.75, 3.05) is 38.1 Å². The Hall–Kier alpha value is -2.84. The quantitative estimate of drug-likeness (QED) is 0.449. The van der Waals surface area contributed by atoms with Gasteiger partial charge in [-0.15, -0.1) is 0 Å². The van der Waals surface area contributed by atoms with E-state index in [1.165, 1.54) is 0 Å². The van der Waals surface area contributed by atoms with Crippen LogP contribution in [0.2, 0.25) is 0 Å². The summed E-state index contributed by atoms with van der Waals surface area (Å²) in [7, 11) is 2.15. The lowest BCUT2D eigenvalue weighted by Crippen LogP contribution is -2.44. The van der Waals surface area contributed by atoms with Crippen molar-refractivity contribution >= 4 is 23.5 Å². The molecule has 7 nitrogen and oxygen atoms in total. The van der Waals surface area contributed by atoms with E-state index in [9.17, 15) is 4.79 Å². The summed E-state index contributed by atoms with van der Waals surface area (Å²) in [4.78, 5) is 26.5. The van der Waals surface area contributed by atoms with Crippen LogP contribution in [0, 0.1) is 6.92 Å². The fourth-order valence-corrected chi connectivity index (χ4v) is 4.26. The largest absolute Gasteiger partial charge is 0.467 e. The minimum Gasteiger partial charge on any atom is -0.467 e. The predicted molar refractivity (Wildman–Crippen MR) is 122 cm³/mol. The number of furan rings is 1. The summed E-state index contributed by atoms with van der Waals surface area (Å²) in [6, 6.07) is 13.4. The summed E-state index contributed by atoms with van der Waals surface area (Å²) in [5, 5.41) is 3.65. The number of thioether (sulfide) groups is 1. The number of rotatable bonds is 7. The molecule has 3 aromatic rings. The number of anilines is 1. The molecule has 1 aromatic carbocycles. The average molecular weight is 438 g/mol. The number of aryl methyl sites for hydroxylation is 1. The van der Waals surface area contributed by atoms with Gasteiger partial charge in [0.2, 0.25) is 0 Å². The SMILES string of the molecule is Cc1cc(N2CCN(C)CC2)nc(SCc2cccc(C(=O)NCc3ccco3)c2)n1. The number of nitrogens with zero attached hydrogens (tertiary/aromatic N) is 4. The lowest BCUT2D eigenvalue weighted by molar-refractivity contribution is 0.0948. The number of benzene rings is 1. The highest BCUT2D eigenvalue weighted by atomic mass is 32.2. The molecule has 1 fully saturated rings. The second kappa shape index (κ2) is 9.98. The first-order valence-electron chi connectivity index (χ1n) is 10.4. The number of nitrogens with one attached hydrogen (secondary N) is 1. The van der Waals surface area contributed by atoms with Crippen LogP contribution in [-0.2, 0) is 12.3 Å². The number of hydrogen-bond acceptors (Lipinski definition) is 7. The lowest BCUT2D eigenvalue weighted by atomic mass is 10.1. The fourth-order valence-electron chi connectivity index (χ4n) is 3.42. The predicted octanol–water partition coefficient (Wildman–Crippen LogP) is 3.35. The second-order valence-corrected chi connectivity index (χ2v) is 8.63. The molecule has 8 heteroatoms. The van der Waals surface area contributed by atoms with Gasteiger partial charge in [0.05, 0.1) is 12.8 Å². The minimum atomic E-state index is -0.118. The van der Waals surface area contributed by atoms with Gasteiger partial charge in [0.15, 0.2) is 5.16 Å². The Balaban J connectivity index is 1.37. The van der Waals surface area contributed by atoms with Gasteiger partial charge >= 0.3 is 0 Å². The summed E-state index contributed by atoms with van der Waals surface area (Å²) < 4.78 is 5.26. The summed E-state index contributed by atoms with van der Waals surface area (Å²) in [5.74, 6) is 2.31. The third kappa shape index (κ3) is 5.86. The molecular weight excluding hydrogens is 410 g/mol. The number of likely N-dealkylation sites (N-methyl/N-ethyl adjacent to an activating group) is 1. The minimum absolute atomic E-state index is 0.118. The molecule has 0 spiro atoms. The van der Waals surface area contributed by atoms with E-state index in [1.807, 2.05) is 43.3 Å². The van der Waals surface area contributed by atoms with E-state index in [-0.39, 0.29) is 5.91 Å². The Bertz CT molecular complexity index is 1020. The number of hydrogen-bond donors (Lipinski definition) is 1. The topological polar surface area (TPSA) is 74.5 Å². The van der Waals surface area contributed by atoms with E-state index in [1.54, 1.807) is 18.0 Å². The van der Waals surface area contributed by atoms with Crippen LogP contribution in [0.4, 0.5) is 5.82 Å². The van der Waals surface area contributed by atoms with Gasteiger partial charge in [0.1, 0.15) is 11.6 Å². The van der Waals surface area contributed by atoms with E-state index >= 15 is 0 Å². The maximum Gasteiger partial charge on any atom is 0.251 e. The van der Waals surface area contributed by atoms with Crippen LogP contribution in [0.1, 0.15) is 27.4 Å². The van der Waals surface area contributed by atoms with Crippen molar-refractivity contribution in [3.63, 3.8) is 0 Å². The van der Waals surface area contributed by atoms with Gasteiger partial charge in [-0.05, 0) is 43.8 Å². The molecule has 2 aromatic heterocycles. The molecular formula is C23H27N5O2S. The zero-order valence-corrected chi connectivity index (χ0v) is 18.7. The van der Waals surface area contributed by atoms with E-state index in [2.05, 4.69) is 33.2 Å². The van der Waals surface area contributed by atoms with Crippen LogP contribution >= 0.6 is 11.8 Å². The first-order chi connectivity index (χ1) is 15.1. The lowest BCUT2D eigenvalue weighted by Gasteiger charge is -2.33. The highest BCUT2D eigenvalue weighted by Crippen LogP contribution is 2.24. The van der Waals surface area contributed by atoms with Crippen molar-refractivity contribution < 1.29 is 9.21 Å². The van der Waals surface area contributed by atoms with Gasteiger partial charge in [-0.3, -0.25) is 4.79 Å². The van der Waals surface area contributed by atoms with Crippen molar-refractivity contribution in [2.45, 2.75) is 24.4 Å². The van der Waals surface area contributed by atoms with Gasteiger partial charge in [-0.1, -0.05) is 23.9 Å². The normalized spacial score (nSPS) is 14.6. The molecule has 162 valence electrons. The Kier molecular flexibility index (Phi) is 6.89. The Labute approximate surface area is 186 Å². The highest BCUT2D eigenvalue weighted by Gasteiger charge is 2.17. The molecule has 0 aliphatic carbocycles. The zero-order chi connectivity index (χ0) is 21.6. The van der Waals surface area contributed by atoms with Crippen LogP contribution in [-0.4, -0.2) is 54.0 Å². The number of amides is 1. The summed E-state index contributed by atoms with van der Waals surface area (Å²) >= 11 is 1.59. The fraction of sp³-hybridized carbons (Fsp3) is 0.348. The van der Waals surface area contributed by atoms with Crippen molar-refractivity contribution in [1.82, 2.24) is 20.2 Å². The maximum atomic E-state index is 12.5. The molecule has 0 radical (unpaired) electrons. The first-order valence-corrected chi connectivity index (χ1v) is 11.4. The first kappa shape index (κ1) is 21.4. The molecule has 4 rings (SSSR count). The summed E-state index contributed by atoms with van der Waals surface area (Å²) in [6.07, 6.45) is 1.60. The van der Waals surface area contributed by atoms with Crippen LogP contribution in [0.3, 0.4) is 0 Å². The van der Waals surface area contributed by atoms with E-state index in [0.717, 1.165) is 54.2 Å². The van der Waals surface area contributed by atoms with Crippen molar-refractivity contribution in [1.29, 1.82) is 0 Å². The van der Waals surface area contributed by atoms with Gasteiger partial charge < -0.3 is 19.5 Å². The van der Waals surface area contributed by atoms with E-state index < -0.39 is 0 Å². The third-order valence-corrected chi connectivity index (χ3v) is 6.13. The molecule has 1 saturated heterocycles. The van der Waals surface area contributed by atoms with Gasteiger partial charge in [0, 0.05) is 49.3 Å². The molecule has 0 unspecified atom stereocenters. The number of carbonyl (C=O) groups is 1. The molecule has 1 aliphatic rings. The molecule has 1 aliphatic heterocycles. The van der Waals surface area contributed by atoms with Crippen LogP contribution in [0.25, 0.3) is 0 Å². The molecule has 0 atom stereocenters. The van der Waals surface area contributed by atoms with Crippen molar-refractivity contribution in [3.8, 4) is 0 Å². The Morgan fingerprint density at radius 3 is 2.74 bits per heavy atom. The third-order valence-electron chi connectivity index (χ3n) is 5.21. The zero-order valence-electron chi connectivity index (χ0n) is 17.9. The molecule has 31 heavy (non-hydrogen) atoms. The standard InChI is InChI=1S/C23H27N5O2S/c1-17-13-21(28-10-8-27(2)9-11-28)26-23(25-17)31-16-18-5-3-6-19(14-18)22(29)24-15-20-7-4-12-30-20/h3-7,12-14H,8-11,15-16H2,1-2H3,(H,24,29). The summed E-state index contributed by atoms with van der Waals surface area (Å²) in [5.41, 5.74) is 2.66. The number of aromatic nitrogens is 2. The maximum absolute atomic E-state index is 12.5. The smallest absolute Gasteiger partial charge is 0.251 e. The van der Waals surface area contributed by atoms with Gasteiger partial charge in [-0.2, -0.15) is 0 Å². The molecule has 3 heterocycles. The summed E-state index contributed by atoms with van der Waals surface area (Å²) in [6.45, 7) is 6.42. The average Bonchev–Trinajstić information content (AvgIpc) is 3.30. The molecule has 1 N–H and O–H groups in total. The van der Waals surface area contributed by atoms with Gasteiger partial charge in [-0.25, -0.2) is 9.97 Å². The van der Waals surface area contributed by atoms with Crippen LogP contribution in [0.15, 0.2) is 58.3 Å². The molecule has 1 amide bonds. The second-order valence-electron chi connectivity index (χ2n) is 7.69.